The Morgan fingerprint density at radius 1 is 1.10 bits per heavy atom. The van der Waals surface area contributed by atoms with Crippen LogP contribution in [-0.4, -0.2) is 59.1 Å². The molecule has 2 aromatic rings. The SMILES string of the molecule is CC(=O)NC(C)(C)CS(=O)(=O)CCC1OCCC2(S(=O)(=O)c3ccc(Cl)cc3)c3c(F)ccc(F)c3OCC12. The second-order valence-electron chi connectivity index (χ2n) is 10.6. The van der Waals surface area contributed by atoms with E-state index < -0.39 is 64.9 Å². The van der Waals surface area contributed by atoms with Crippen LogP contribution in [0, 0.1) is 17.6 Å². The number of amides is 1. The summed E-state index contributed by atoms with van der Waals surface area (Å²) in [6.07, 6.45) is -1.27. The van der Waals surface area contributed by atoms with Crippen LogP contribution >= 0.6 is 11.6 Å². The van der Waals surface area contributed by atoms with Gasteiger partial charge in [0.2, 0.25) is 5.91 Å². The largest absolute Gasteiger partial charge is 0.490 e. The molecule has 2 aromatic carbocycles. The van der Waals surface area contributed by atoms with Crippen LogP contribution in [0.1, 0.15) is 39.2 Å². The summed E-state index contributed by atoms with van der Waals surface area (Å²) in [5.74, 6) is -4.49. The lowest BCUT2D eigenvalue weighted by molar-refractivity contribution is -0.120. The first kappa shape index (κ1) is 29.7. The van der Waals surface area contributed by atoms with Crippen molar-refractivity contribution in [3.05, 3.63) is 58.6 Å². The van der Waals surface area contributed by atoms with Crippen LogP contribution < -0.4 is 10.1 Å². The molecule has 39 heavy (non-hydrogen) atoms. The third-order valence-corrected chi connectivity index (χ3v) is 12.0. The summed E-state index contributed by atoms with van der Waals surface area (Å²) >= 11 is 5.97. The van der Waals surface area contributed by atoms with Gasteiger partial charge < -0.3 is 14.8 Å². The van der Waals surface area contributed by atoms with Crippen molar-refractivity contribution in [1.82, 2.24) is 5.32 Å². The fourth-order valence-electron chi connectivity index (χ4n) is 5.76. The number of sulfone groups is 2. The van der Waals surface area contributed by atoms with Gasteiger partial charge in [-0.3, -0.25) is 4.79 Å². The molecule has 4 rings (SSSR count). The quantitative estimate of drug-likeness (QED) is 0.486. The number of carbonyl (C=O) groups is 1. The van der Waals surface area contributed by atoms with E-state index in [1.54, 1.807) is 13.8 Å². The third kappa shape index (κ3) is 5.66. The average Bonchev–Trinajstić information content (AvgIpc) is 2.83. The molecule has 2 heterocycles. The third-order valence-electron chi connectivity index (χ3n) is 7.15. The molecular weight excluding hydrogens is 576 g/mol. The zero-order valence-electron chi connectivity index (χ0n) is 21.7. The van der Waals surface area contributed by atoms with E-state index in [0.717, 1.165) is 12.1 Å². The van der Waals surface area contributed by atoms with Gasteiger partial charge in [0.15, 0.2) is 31.2 Å². The molecule has 2 aliphatic heterocycles. The molecule has 1 amide bonds. The van der Waals surface area contributed by atoms with E-state index >= 15 is 4.39 Å². The number of hydrogen-bond acceptors (Lipinski definition) is 7. The van der Waals surface area contributed by atoms with Gasteiger partial charge in [0.25, 0.3) is 0 Å². The minimum absolute atomic E-state index is 0.114. The Morgan fingerprint density at radius 3 is 2.38 bits per heavy atom. The molecule has 0 bridgehead atoms. The average molecular weight is 606 g/mol. The van der Waals surface area contributed by atoms with Gasteiger partial charge in [-0.2, -0.15) is 0 Å². The molecule has 1 fully saturated rings. The van der Waals surface area contributed by atoms with Gasteiger partial charge >= 0.3 is 0 Å². The molecule has 0 radical (unpaired) electrons. The lowest BCUT2D eigenvalue weighted by Gasteiger charge is -2.50. The lowest BCUT2D eigenvalue weighted by Crippen LogP contribution is -2.58. The molecule has 214 valence electrons. The summed E-state index contributed by atoms with van der Waals surface area (Å²) in [6.45, 7) is 3.98. The second-order valence-corrected chi connectivity index (χ2v) is 15.4. The Kier molecular flexibility index (Phi) is 8.08. The van der Waals surface area contributed by atoms with Crippen LogP contribution in [0.15, 0.2) is 41.3 Å². The van der Waals surface area contributed by atoms with Crippen LogP contribution in [0.5, 0.6) is 5.75 Å². The first-order valence-corrected chi connectivity index (χ1v) is 16.0. The van der Waals surface area contributed by atoms with Crippen molar-refractivity contribution in [3.63, 3.8) is 0 Å². The van der Waals surface area contributed by atoms with Crippen molar-refractivity contribution in [2.75, 3.05) is 24.7 Å². The van der Waals surface area contributed by atoms with Crippen molar-refractivity contribution in [3.8, 4) is 5.75 Å². The van der Waals surface area contributed by atoms with Crippen molar-refractivity contribution in [2.45, 2.75) is 54.9 Å². The Hall–Kier alpha value is -2.28. The smallest absolute Gasteiger partial charge is 0.217 e. The molecule has 3 atom stereocenters. The molecule has 0 saturated carbocycles. The summed E-state index contributed by atoms with van der Waals surface area (Å²) in [7, 11) is -8.15. The number of fused-ring (bicyclic) bond motifs is 3. The molecule has 13 heteroatoms. The number of halogens is 3. The van der Waals surface area contributed by atoms with Gasteiger partial charge in [0, 0.05) is 30.0 Å². The highest BCUT2D eigenvalue weighted by Crippen LogP contribution is 2.56. The van der Waals surface area contributed by atoms with E-state index in [1.165, 1.54) is 31.2 Å². The van der Waals surface area contributed by atoms with Crippen molar-refractivity contribution in [2.24, 2.45) is 5.92 Å². The first-order valence-electron chi connectivity index (χ1n) is 12.3. The Morgan fingerprint density at radius 2 is 1.74 bits per heavy atom. The van der Waals surface area contributed by atoms with E-state index in [-0.39, 0.29) is 48.4 Å². The molecule has 2 aliphatic rings. The van der Waals surface area contributed by atoms with Crippen molar-refractivity contribution < 1.29 is 39.9 Å². The van der Waals surface area contributed by atoms with Crippen molar-refractivity contribution in [1.29, 1.82) is 0 Å². The van der Waals surface area contributed by atoms with Gasteiger partial charge in [-0.1, -0.05) is 11.6 Å². The summed E-state index contributed by atoms with van der Waals surface area (Å²) < 4.78 is 94.4. The number of benzene rings is 2. The topological polar surface area (TPSA) is 116 Å². The number of carbonyl (C=O) groups excluding carboxylic acids is 1. The molecular formula is C26H30ClF2NO7S2. The van der Waals surface area contributed by atoms with Crippen molar-refractivity contribution >= 4 is 37.2 Å². The van der Waals surface area contributed by atoms with Gasteiger partial charge in [0.1, 0.15) is 10.6 Å². The molecule has 0 aromatic heterocycles. The number of hydrogen-bond donors (Lipinski definition) is 1. The lowest BCUT2D eigenvalue weighted by atomic mass is 9.75. The van der Waals surface area contributed by atoms with Crippen LogP contribution in [-0.2, 0) is 34.0 Å². The fourth-order valence-corrected chi connectivity index (χ4v) is 10.1. The highest BCUT2D eigenvalue weighted by atomic mass is 35.5. The van der Waals surface area contributed by atoms with Crippen LogP contribution in [0.2, 0.25) is 5.02 Å². The monoisotopic (exact) mass is 605 g/mol. The standard InChI is InChI=1S/C26H30ClF2NO7S2/c1-16(31)30-25(2,3)15-38(32,33)13-10-22-19-14-37-24-21(29)9-8-20(28)23(24)26(19,11-12-36-22)39(34,35)18-6-4-17(27)5-7-18/h4-9,19,22H,10-15H2,1-3H3,(H,30,31). The predicted octanol–water partition coefficient (Wildman–Crippen LogP) is 3.80. The number of nitrogens with one attached hydrogen (secondary N) is 1. The predicted molar refractivity (Wildman–Crippen MR) is 141 cm³/mol. The van der Waals surface area contributed by atoms with E-state index in [9.17, 15) is 26.0 Å². The Balaban J connectivity index is 1.76. The Labute approximate surface area is 231 Å². The van der Waals surface area contributed by atoms with Gasteiger partial charge in [-0.25, -0.2) is 25.6 Å². The minimum atomic E-state index is -4.40. The highest BCUT2D eigenvalue weighted by Gasteiger charge is 2.61. The Bertz CT molecular complexity index is 1480. The first-order chi connectivity index (χ1) is 18.1. The highest BCUT2D eigenvalue weighted by molar-refractivity contribution is 7.92. The van der Waals surface area contributed by atoms with Crippen LogP contribution in [0.25, 0.3) is 0 Å². The molecule has 0 spiro atoms. The summed E-state index contributed by atoms with van der Waals surface area (Å²) in [4.78, 5) is 11.3. The molecule has 1 saturated heterocycles. The molecule has 3 unspecified atom stereocenters. The normalized spacial score (nSPS) is 23.3. The summed E-state index contributed by atoms with van der Waals surface area (Å²) in [5, 5.41) is 2.89. The zero-order valence-corrected chi connectivity index (χ0v) is 24.1. The van der Waals surface area contributed by atoms with E-state index in [2.05, 4.69) is 5.32 Å². The van der Waals surface area contributed by atoms with Gasteiger partial charge in [-0.15, -0.1) is 0 Å². The maximum atomic E-state index is 15.5. The zero-order chi connectivity index (χ0) is 28.8. The van der Waals surface area contributed by atoms with Gasteiger partial charge in [-0.05, 0) is 63.1 Å². The number of rotatable bonds is 8. The van der Waals surface area contributed by atoms with Crippen LogP contribution in [0.4, 0.5) is 8.78 Å². The van der Waals surface area contributed by atoms with E-state index in [0.29, 0.717) is 5.02 Å². The second kappa shape index (κ2) is 10.6. The summed E-state index contributed by atoms with van der Waals surface area (Å²) in [5.41, 5.74) is -1.45. The van der Waals surface area contributed by atoms with E-state index in [1.807, 2.05) is 0 Å². The molecule has 1 N–H and O–H groups in total. The maximum absolute atomic E-state index is 15.5. The van der Waals surface area contributed by atoms with Crippen LogP contribution in [0.3, 0.4) is 0 Å². The summed E-state index contributed by atoms with van der Waals surface area (Å²) in [6, 6.07) is 7.12. The fraction of sp³-hybridized carbons (Fsp3) is 0.500. The molecule has 0 aliphatic carbocycles. The number of ether oxygens (including phenoxy) is 2. The van der Waals surface area contributed by atoms with Gasteiger partial charge in [0.05, 0.1) is 34.7 Å². The maximum Gasteiger partial charge on any atom is 0.217 e. The minimum Gasteiger partial charge on any atom is -0.490 e. The van der Waals surface area contributed by atoms with E-state index in [4.69, 9.17) is 21.1 Å². The molecule has 8 nitrogen and oxygen atoms in total.